The van der Waals surface area contributed by atoms with Gasteiger partial charge in [-0.2, -0.15) is 0 Å². The summed E-state index contributed by atoms with van der Waals surface area (Å²) in [6.07, 6.45) is 0.795. The molecule has 1 rings (SSSR count). The van der Waals surface area contributed by atoms with Gasteiger partial charge in [0.25, 0.3) is 5.91 Å². The Morgan fingerprint density at radius 2 is 1.85 bits per heavy atom. The van der Waals surface area contributed by atoms with Crippen molar-refractivity contribution < 1.29 is 19.0 Å². The molecule has 0 spiro atoms. The van der Waals surface area contributed by atoms with Crippen LogP contribution in [-0.2, 0) is 0 Å². The zero-order valence-electron chi connectivity index (χ0n) is 12.4. The molecule has 112 valence electrons. The molecule has 0 bridgehead atoms. The molecular weight excluding hydrogens is 260 g/mol. The lowest BCUT2D eigenvalue weighted by molar-refractivity contribution is 0.0947. The van der Waals surface area contributed by atoms with E-state index in [9.17, 15) is 4.79 Å². The van der Waals surface area contributed by atoms with Gasteiger partial charge in [-0.05, 0) is 18.6 Å². The fourth-order valence-corrected chi connectivity index (χ4v) is 1.74. The number of carbonyl (C=O) groups excluding carboxylic acids is 1. The molecule has 0 saturated carbocycles. The Bertz CT molecular complexity index is 463. The van der Waals surface area contributed by atoms with E-state index in [0.717, 1.165) is 6.42 Å². The van der Waals surface area contributed by atoms with Crippen molar-refractivity contribution >= 4 is 5.91 Å². The Morgan fingerprint density at radius 3 is 2.35 bits per heavy atom. The van der Waals surface area contributed by atoms with Gasteiger partial charge in [-0.25, -0.2) is 0 Å². The number of nitrogens with one attached hydrogen (secondary N) is 1. The standard InChI is InChI=1S/C14H22N2O4/c1-5-9(15)8-16-14(17)10-6-7-11(18-2)13(20-4)12(10)19-3/h6-7,9H,5,8,15H2,1-4H3,(H,16,17). The van der Waals surface area contributed by atoms with Crippen molar-refractivity contribution in [1.29, 1.82) is 0 Å². The normalized spacial score (nSPS) is 11.7. The summed E-state index contributed by atoms with van der Waals surface area (Å²) in [4.78, 5) is 12.2. The first kappa shape index (κ1) is 16.1. The number of hydrogen-bond acceptors (Lipinski definition) is 5. The molecular formula is C14H22N2O4. The van der Waals surface area contributed by atoms with Crippen LogP contribution in [0.1, 0.15) is 23.7 Å². The maximum absolute atomic E-state index is 12.2. The molecule has 0 fully saturated rings. The van der Waals surface area contributed by atoms with Gasteiger partial charge in [0.05, 0.1) is 26.9 Å². The molecule has 3 N–H and O–H groups in total. The van der Waals surface area contributed by atoms with Crippen LogP contribution < -0.4 is 25.3 Å². The van der Waals surface area contributed by atoms with E-state index in [2.05, 4.69) is 5.32 Å². The molecule has 0 aromatic heterocycles. The Labute approximate surface area is 119 Å². The molecule has 0 aliphatic heterocycles. The summed E-state index contributed by atoms with van der Waals surface area (Å²) < 4.78 is 15.7. The molecule has 1 amide bonds. The van der Waals surface area contributed by atoms with Crippen LogP contribution in [0.4, 0.5) is 0 Å². The van der Waals surface area contributed by atoms with E-state index in [1.807, 2.05) is 6.92 Å². The van der Waals surface area contributed by atoms with Gasteiger partial charge in [0, 0.05) is 12.6 Å². The van der Waals surface area contributed by atoms with Crippen molar-refractivity contribution in [2.75, 3.05) is 27.9 Å². The summed E-state index contributed by atoms with van der Waals surface area (Å²) in [5.74, 6) is 0.981. The quantitative estimate of drug-likeness (QED) is 0.784. The third-order valence-corrected chi connectivity index (χ3v) is 3.00. The fourth-order valence-electron chi connectivity index (χ4n) is 1.74. The second-order valence-electron chi connectivity index (χ2n) is 4.26. The largest absolute Gasteiger partial charge is 0.493 e. The predicted octanol–water partition coefficient (Wildman–Crippen LogP) is 1.18. The number of benzene rings is 1. The zero-order valence-corrected chi connectivity index (χ0v) is 12.4. The Morgan fingerprint density at radius 1 is 1.20 bits per heavy atom. The van der Waals surface area contributed by atoms with Gasteiger partial charge in [-0.3, -0.25) is 4.79 Å². The van der Waals surface area contributed by atoms with Crippen molar-refractivity contribution in [2.24, 2.45) is 5.73 Å². The summed E-state index contributed by atoms with van der Waals surface area (Å²) in [5.41, 5.74) is 6.16. The number of methoxy groups -OCH3 is 3. The van der Waals surface area contributed by atoms with Crippen molar-refractivity contribution in [3.8, 4) is 17.2 Å². The van der Waals surface area contributed by atoms with Gasteiger partial charge < -0.3 is 25.3 Å². The molecule has 0 saturated heterocycles. The summed E-state index contributed by atoms with van der Waals surface area (Å²) in [7, 11) is 4.50. The average Bonchev–Trinajstić information content (AvgIpc) is 2.50. The van der Waals surface area contributed by atoms with Crippen molar-refractivity contribution in [1.82, 2.24) is 5.32 Å². The lowest BCUT2D eigenvalue weighted by atomic mass is 10.1. The smallest absolute Gasteiger partial charge is 0.255 e. The minimum absolute atomic E-state index is 0.0647. The Balaban J connectivity index is 3.02. The van der Waals surface area contributed by atoms with Crippen molar-refractivity contribution in [3.63, 3.8) is 0 Å². The van der Waals surface area contributed by atoms with E-state index >= 15 is 0 Å². The highest BCUT2D eigenvalue weighted by Gasteiger charge is 2.20. The topological polar surface area (TPSA) is 82.8 Å². The summed E-state index contributed by atoms with van der Waals surface area (Å²) in [6.45, 7) is 2.38. The van der Waals surface area contributed by atoms with Crippen LogP contribution >= 0.6 is 0 Å². The van der Waals surface area contributed by atoms with Gasteiger partial charge in [0.15, 0.2) is 11.5 Å². The van der Waals surface area contributed by atoms with Crippen LogP contribution in [0.3, 0.4) is 0 Å². The highest BCUT2D eigenvalue weighted by Crippen LogP contribution is 2.39. The molecule has 1 aromatic rings. The molecule has 0 radical (unpaired) electrons. The zero-order chi connectivity index (χ0) is 15.1. The van der Waals surface area contributed by atoms with Crippen molar-refractivity contribution in [2.45, 2.75) is 19.4 Å². The Hall–Kier alpha value is -1.95. The minimum atomic E-state index is -0.258. The van der Waals surface area contributed by atoms with Crippen LogP contribution in [0.2, 0.25) is 0 Å². The van der Waals surface area contributed by atoms with Crippen LogP contribution in [0.5, 0.6) is 17.2 Å². The lowest BCUT2D eigenvalue weighted by Crippen LogP contribution is -2.36. The lowest BCUT2D eigenvalue weighted by Gasteiger charge is -2.16. The number of hydrogen-bond donors (Lipinski definition) is 2. The average molecular weight is 282 g/mol. The Kier molecular flexibility index (Phi) is 6.11. The number of ether oxygens (including phenoxy) is 3. The predicted molar refractivity (Wildman–Crippen MR) is 76.7 cm³/mol. The summed E-state index contributed by atoms with van der Waals surface area (Å²) in [6, 6.07) is 3.23. The van der Waals surface area contributed by atoms with E-state index in [1.54, 1.807) is 12.1 Å². The first-order chi connectivity index (χ1) is 9.58. The van der Waals surface area contributed by atoms with E-state index in [-0.39, 0.29) is 11.9 Å². The first-order valence-corrected chi connectivity index (χ1v) is 6.41. The molecule has 6 heteroatoms. The number of carbonyl (C=O) groups is 1. The molecule has 1 aromatic carbocycles. The maximum Gasteiger partial charge on any atom is 0.255 e. The first-order valence-electron chi connectivity index (χ1n) is 6.41. The molecule has 6 nitrogen and oxygen atoms in total. The summed E-state index contributed by atoms with van der Waals surface area (Å²) in [5, 5.41) is 2.77. The van der Waals surface area contributed by atoms with Gasteiger partial charge in [0.1, 0.15) is 0 Å². The monoisotopic (exact) mass is 282 g/mol. The van der Waals surface area contributed by atoms with Crippen molar-refractivity contribution in [3.05, 3.63) is 17.7 Å². The second kappa shape index (κ2) is 7.59. The molecule has 1 unspecified atom stereocenters. The molecule has 20 heavy (non-hydrogen) atoms. The third kappa shape index (κ3) is 3.54. The van der Waals surface area contributed by atoms with E-state index in [1.165, 1.54) is 21.3 Å². The molecule has 0 aliphatic rings. The highest BCUT2D eigenvalue weighted by molar-refractivity contribution is 5.98. The molecule has 0 heterocycles. The molecule has 1 atom stereocenters. The van der Waals surface area contributed by atoms with Crippen LogP contribution in [-0.4, -0.2) is 39.8 Å². The SMILES string of the molecule is CCC(N)CNC(=O)c1ccc(OC)c(OC)c1OC. The van der Waals surface area contributed by atoms with Gasteiger partial charge in [-0.15, -0.1) is 0 Å². The van der Waals surface area contributed by atoms with Crippen LogP contribution in [0.25, 0.3) is 0 Å². The highest BCUT2D eigenvalue weighted by atomic mass is 16.5. The number of nitrogens with two attached hydrogens (primary N) is 1. The van der Waals surface area contributed by atoms with Gasteiger partial charge >= 0.3 is 0 Å². The van der Waals surface area contributed by atoms with Crippen LogP contribution in [0, 0.1) is 0 Å². The summed E-state index contributed by atoms with van der Waals surface area (Å²) >= 11 is 0. The van der Waals surface area contributed by atoms with Gasteiger partial charge in [0.2, 0.25) is 5.75 Å². The second-order valence-corrected chi connectivity index (χ2v) is 4.26. The number of amides is 1. The number of rotatable bonds is 7. The van der Waals surface area contributed by atoms with Crippen LogP contribution in [0.15, 0.2) is 12.1 Å². The molecule has 0 aliphatic carbocycles. The third-order valence-electron chi connectivity index (χ3n) is 3.00. The van der Waals surface area contributed by atoms with Gasteiger partial charge in [-0.1, -0.05) is 6.92 Å². The van der Waals surface area contributed by atoms with E-state index in [4.69, 9.17) is 19.9 Å². The fraction of sp³-hybridized carbons (Fsp3) is 0.500. The minimum Gasteiger partial charge on any atom is -0.493 e. The van der Waals surface area contributed by atoms with E-state index < -0.39 is 0 Å². The van der Waals surface area contributed by atoms with E-state index in [0.29, 0.717) is 29.4 Å². The maximum atomic E-state index is 12.2.